The second-order valence-electron chi connectivity index (χ2n) is 3.97. The van der Waals surface area contributed by atoms with Crippen LogP contribution in [0.4, 0.5) is 0 Å². The van der Waals surface area contributed by atoms with E-state index in [1.54, 1.807) is 6.07 Å². The van der Waals surface area contributed by atoms with E-state index in [2.05, 4.69) is 20.9 Å². The Hall–Kier alpha value is -1.75. The highest BCUT2D eigenvalue weighted by atomic mass is 79.9. The molecule has 0 bridgehead atoms. The first-order chi connectivity index (χ1) is 8.08. The summed E-state index contributed by atoms with van der Waals surface area (Å²) in [5.41, 5.74) is 2.11. The van der Waals surface area contributed by atoms with Crippen LogP contribution in [0.5, 0.6) is 0 Å². The van der Waals surface area contributed by atoms with E-state index >= 15 is 0 Å². The Morgan fingerprint density at radius 1 is 1.35 bits per heavy atom. The molecule has 0 unspecified atom stereocenters. The van der Waals surface area contributed by atoms with Gasteiger partial charge in [0.1, 0.15) is 11.3 Å². The number of H-pyrrole nitrogens is 1. The molecule has 2 heterocycles. The Labute approximate surface area is 105 Å². The van der Waals surface area contributed by atoms with Crippen LogP contribution in [-0.2, 0) is 7.05 Å². The molecule has 2 aromatic heterocycles. The highest BCUT2D eigenvalue weighted by molar-refractivity contribution is 9.10. The van der Waals surface area contributed by atoms with E-state index in [0.29, 0.717) is 0 Å². The van der Waals surface area contributed by atoms with Gasteiger partial charge < -0.3 is 14.7 Å². The summed E-state index contributed by atoms with van der Waals surface area (Å²) in [6, 6.07) is 7.63. The van der Waals surface area contributed by atoms with Gasteiger partial charge in [0.05, 0.1) is 5.52 Å². The van der Waals surface area contributed by atoms with Crippen LogP contribution >= 0.6 is 15.9 Å². The maximum absolute atomic E-state index is 10.9. The van der Waals surface area contributed by atoms with Gasteiger partial charge in [0, 0.05) is 22.3 Å². The Morgan fingerprint density at radius 2 is 2.12 bits per heavy atom. The molecule has 0 aliphatic heterocycles. The fraction of sp³-hybridized carbons (Fsp3) is 0.0833. The molecule has 0 spiro atoms. The lowest BCUT2D eigenvalue weighted by atomic mass is 10.2. The van der Waals surface area contributed by atoms with Crippen molar-refractivity contribution in [1.29, 1.82) is 0 Å². The van der Waals surface area contributed by atoms with Gasteiger partial charge in [-0.25, -0.2) is 4.79 Å². The number of fused-ring (bicyclic) bond motifs is 3. The minimum absolute atomic E-state index is 0.218. The summed E-state index contributed by atoms with van der Waals surface area (Å²) >= 11 is 3.43. The molecule has 0 atom stereocenters. The van der Waals surface area contributed by atoms with Crippen LogP contribution in [0.25, 0.3) is 21.9 Å². The molecule has 3 aromatic rings. The van der Waals surface area contributed by atoms with Crippen molar-refractivity contribution in [2.24, 2.45) is 7.05 Å². The number of hydrogen-bond donors (Lipinski definition) is 2. The number of aromatic amines is 1. The molecule has 0 fully saturated rings. The Kier molecular flexibility index (Phi) is 2.06. The minimum atomic E-state index is -0.938. The molecule has 17 heavy (non-hydrogen) atoms. The number of carboxylic acid groups (broad SMARTS) is 1. The van der Waals surface area contributed by atoms with Gasteiger partial charge in [-0.2, -0.15) is 0 Å². The monoisotopic (exact) mass is 292 g/mol. The standard InChI is InChI=1S/C12H9BrN2O2/c1-15-10-4-6(13)2-3-7(10)8-5-9(12(16)17)14-11(8)15/h2-5,14H,1H3,(H,16,17). The van der Waals surface area contributed by atoms with Gasteiger partial charge >= 0.3 is 5.97 Å². The van der Waals surface area contributed by atoms with Crippen molar-refractivity contribution in [2.75, 3.05) is 0 Å². The number of nitrogens with one attached hydrogen (secondary N) is 1. The fourth-order valence-electron chi connectivity index (χ4n) is 2.16. The number of aromatic nitrogens is 2. The van der Waals surface area contributed by atoms with Crippen LogP contribution in [-0.4, -0.2) is 20.6 Å². The molecule has 1 aromatic carbocycles. The number of hydrogen-bond acceptors (Lipinski definition) is 1. The third-order valence-electron chi connectivity index (χ3n) is 2.97. The van der Waals surface area contributed by atoms with Gasteiger partial charge in [-0.05, 0) is 18.2 Å². The average Bonchev–Trinajstić information content (AvgIpc) is 2.80. The third-order valence-corrected chi connectivity index (χ3v) is 3.47. The molecule has 3 rings (SSSR count). The van der Waals surface area contributed by atoms with E-state index < -0.39 is 5.97 Å². The van der Waals surface area contributed by atoms with Crippen LogP contribution in [0.2, 0.25) is 0 Å². The minimum Gasteiger partial charge on any atom is -0.477 e. The summed E-state index contributed by atoms with van der Waals surface area (Å²) in [6.45, 7) is 0. The molecule has 86 valence electrons. The Morgan fingerprint density at radius 3 is 2.82 bits per heavy atom. The van der Waals surface area contributed by atoms with E-state index in [-0.39, 0.29) is 5.69 Å². The summed E-state index contributed by atoms with van der Waals surface area (Å²) < 4.78 is 2.97. The van der Waals surface area contributed by atoms with Crippen molar-refractivity contribution in [3.8, 4) is 0 Å². The second-order valence-corrected chi connectivity index (χ2v) is 4.89. The first-order valence-electron chi connectivity index (χ1n) is 5.08. The largest absolute Gasteiger partial charge is 0.477 e. The fourth-order valence-corrected chi connectivity index (χ4v) is 2.51. The summed E-state index contributed by atoms with van der Waals surface area (Å²) in [4.78, 5) is 13.8. The maximum atomic E-state index is 10.9. The lowest BCUT2D eigenvalue weighted by Crippen LogP contribution is -1.96. The van der Waals surface area contributed by atoms with Gasteiger partial charge in [0.2, 0.25) is 0 Å². The van der Waals surface area contributed by atoms with Gasteiger partial charge in [-0.1, -0.05) is 22.0 Å². The summed E-state index contributed by atoms with van der Waals surface area (Å²) in [5, 5.41) is 11.0. The molecular weight excluding hydrogens is 284 g/mol. The van der Waals surface area contributed by atoms with Crippen molar-refractivity contribution >= 4 is 43.8 Å². The summed E-state index contributed by atoms with van der Waals surface area (Å²) in [5.74, 6) is -0.938. The molecule has 2 N–H and O–H groups in total. The van der Waals surface area contributed by atoms with Gasteiger partial charge in [0.25, 0.3) is 0 Å². The quantitative estimate of drug-likeness (QED) is 0.724. The molecule has 0 saturated carbocycles. The molecule has 0 aliphatic carbocycles. The number of aromatic carboxylic acids is 1. The maximum Gasteiger partial charge on any atom is 0.352 e. The number of benzene rings is 1. The lowest BCUT2D eigenvalue weighted by molar-refractivity contribution is 0.0691. The zero-order valence-corrected chi connectivity index (χ0v) is 10.6. The topological polar surface area (TPSA) is 58.0 Å². The van der Waals surface area contributed by atoms with Crippen LogP contribution in [0.15, 0.2) is 28.7 Å². The third kappa shape index (κ3) is 1.39. The number of halogens is 1. The van der Waals surface area contributed by atoms with Crippen molar-refractivity contribution < 1.29 is 9.90 Å². The summed E-state index contributed by atoms with van der Waals surface area (Å²) in [6.07, 6.45) is 0. The predicted octanol–water partition coefficient (Wildman–Crippen LogP) is 3.12. The zero-order chi connectivity index (χ0) is 12.2. The van der Waals surface area contributed by atoms with Crippen molar-refractivity contribution in [3.63, 3.8) is 0 Å². The van der Waals surface area contributed by atoms with Crippen molar-refractivity contribution in [1.82, 2.24) is 9.55 Å². The molecule has 0 radical (unpaired) electrons. The molecular formula is C12H9BrN2O2. The summed E-state index contributed by atoms with van der Waals surface area (Å²) in [7, 11) is 1.92. The normalized spacial score (nSPS) is 11.4. The number of rotatable bonds is 1. The first kappa shape index (κ1) is 10.4. The van der Waals surface area contributed by atoms with Crippen LogP contribution in [0.1, 0.15) is 10.5 Å². The lowest BCUT2D eigenvalue weighted by Gasteiger charge is -1.98. The molecule has 0 aliphatic rings. The smallest absolute Gasteiger partial charge is 0.352 e. The predicted molar refractivity (Wildman–Crippen MR) is 69.4 cm³/mol. The Balaban J connectivity index is 2.46. The van der Waals surface area contributed by atoms with E-state index in [1.165, 1.54) is 0 Å². The van der Waals surface area contributed by atoms with Crippen molar-refractivity contribution in [2.45, 2.75) is 0 Å². The number of nitrogens with zero attached hydrogens (tertiary/aromatic N) is 1. The highest BCUT2D eigenvalue weighted by Crippen LogP contribution is 2.30. The molecule has 0 saturated heterocycles. The first-order valence-corrected chi connectivity index (χ1v) is 5.87. The van der Waals surface area contributed by atoms with Gasteiger partial charge in [-0.3, -0.25) is 0 Å². The molecule has 5 heteroatoms. The van der Waals surface area contributed by atoms with Crippen molar-refractivity contribution in [3.05, 3.63) is 34.4 Å². The van der Waals surface area contributed by atoms with Gasteiger partial charge in [-0.15, -0.1) is 0 Å². The number of carboxylic acids is 1. The van der Waals surface area contributed by atoms with Crippen LogP contribution in [0.3, 0.4) is 0 Å². The SMILES string of the molecule is Cn1c2cc(Br)ccc2c2cc(C(=O)O)[nH]c21. The second kappa shape index (κ2) is 3.37. The van der Waals surface area contributed by atoms with E-state index in [1.807, 2.05) is 29.8 Å². The number of carbonyl (C=O) groups is 1. The highest BCUT2D eigenvalue weighted by Gasteiger charge is 2.14. The Bertz CT molecular complexity index is 755. The van der Waals surface area contributed by atoms with E-state index in [4.69, 9.17) is 5.11 Å². The van der Waals surface area contributed by atoms with Crippen LogP contribution in [0, 0.1) is 0 Å². The molecule has 4 nitrogen and oxygen atoms in total. The molecule has 0 amide bonds. The van der Waals surface area contributed by atoms with Gasteiger partial charge in [0.15, 0.2) is 0 Å². The zero-order valence-electron chi connectivity index (χ0n) is 8.99. The van der Waals surface area contributed by atoms with Crippen LogP contribution < -0.4 is 0 Å². The van der Waals surface area contributed by atoms with E-state index in [0.717, 1.165) is 26.4 Å². The average molecular weight is 293 g/mol. The van der Waals surface area contributed by atoms with E-state index in [9.17, 15) is 4.79 Å². The number of aryl methyl sites for hydroxylation is 1.